The fraction of sp³-hybridized carbons (Fsp3) is 0.120. The predicted octanol–water partition coefficient (Wildman–Crippen LogP) is 2.29. The number of hydrazine groups is 1. The van der Waals surface area contributed by atoms with Crippen molar-refractivity contribution in [3.05, 3.63) is 100 Å². The number of benzene rings is 3. The van der Waals surface area contributed by atoms with E-state index in [9.17, 15) is 14.4 Å². The molecular formula is C25H22N4O5. The summed E-state index contributed by atoms with van der Waals surface area (Å²) in [5, 5.41) is 5.02. The van der Waals surface area contributed by atoms with Gasteiger partial charge >= 0.3 is 0 Å². The topological polar surface area (TPSA) is 112 Å². The number of hydrogen-bond donors (Lipinski definition) is 2. The zero-order chi connectivity index (χ0) is 23.9. The number of carbonyl (C=O) groups excluding carboxylic acids is 2. The summed E-state index contributed by atoms with van der Waals surface area (Å²) in [6.07, 6.45) is 0. The van der Waals surface area contributed by atoms with E-state index in [1.807, 2.05) is 30.3 Å². The van der Waals surface area contributed by atoms with Crippen molar-refractivity contribution in [2.75, 3.05) is 13.7 Å². The van der Waals surface area contributed by atoms with Crippen LogP contribution >= 0.6 is 0 Å². The Bertz CT molecular complexity index is 1390. The minimum atomic E-state index is -0.663. The number of methoxy groups -OCH3 is 1. The minimum absolute atomic E-state index is 0.0112. The lowest BCUT2D eigenvalue weighted by atomic mass is 10.1. The quantitative estimate of drug-likeness (QED) is 0.411. The van der Waals surface area contributed by atoms with Crippen LogP contribution in [0.4, 0.5) is 0 Å². The highest BCUT2D eigenvalue weighted by molar-refractivity contribution is 6.05. The molecule has 0 bridgehead atoms. The Morgan fingerprint density at radius 3 is 2.24 bits per heavy atom. The van der Waals surface area contributed by atoms with Crippen molar-refractivity contribution in [2.24, 2.45) is 0 Å². The molecule has 1 heterocycles. The summed E-state index contributed by atoms with van der Waals surface area (Å²) in [7, 11) is 1.50. The van der Waals surface area contributed by atoms with E-state index in [1.165, 1.54) is 11.8 Å². The van der Waals surface area contributed by atoms with Gasteiger partial charge in [-0.1, -0.05) is 60.7 Å². The molecule has 0 radical (unpaired) electrons. The molecule has 0 aliphatic heterocycles. The number of rotatable bonds is 7. The first kappa shape index (κ1) is 22.5. The highest BCUT2D eigenvalue weighted by Gasteiger charge is 2.18. The molecule has 0 saturated carbocycles. The number of nitrogens with zero attached hydrogens (tertiary/aromatic N) is 2. The second-order valence-electron chi connectivity index (χ2n) is 7.28. The average molecular weight is 458 g/mol. The molecule has 2 amide bonds. The van der Waals surface area contributed by atoms with Crippen LogP contribution in [0.3, 0.4) is 0 Å². The molecule has 4 aromatic rings. The number of para-hydroxylation sites is 2. The number of fused-ring (bicyclic) bond motifs is 1. The molecule has 0 atom stereocenters. The molecule has 9 nitrogen and oxygen atoms in total. The van der Waals surface area contributed by atoms with Gasteiger partial charge in [0.25, 0.3) is 17.4 Å². The standard InChI is InChI=1S/C25H22N4O5/c1-33-20-13-7-8-14-21(20)34-16-22(30)26-27-24(31)23-18-11-5-6-12-19(18)25(32)29(28-23)15-17-9-3-2-4-10-17/h2-14H,15-16H2,1H3,(H,26,30)(H,27,31). The van der Waals surface area contributed by atoms with Crippen molar-refractivity contribution in [2.45, 2.75) is 6.54 Å². The van der Waals surface area contributed by atoms with Crippen LogP contribution in [0.5, 0.6) is 11.5 Å². The van der Waals surface area contributed by atoms with Crippen LogP contribution < -0.4 is 25.9 Å². The normalized spacial score (nSPS) is 10.5. The first-order valence-electron chi connectivity index (χ1n) is 10.5. The molecule has 172 valence electrons. The van der Waals surface area contributed by atoms with Crippen LogP contribution in [0.15, 0.2) is 83.7 Å². The third-order valence-corrected chi connectivity index (χ3v) is 5.00. The second-order valence-corrected chi connectivity index (χ2v) is 7.28. The maximum atomic E-state index is 12.9. The van der Waals surface area contributed by atoms with Gasteiger partial charge in [-0.05, 0) is 23.8 Å². The summed E-state index contributed by atoms with van der Waals surface area (Å²) < 4.78 is 11.9. The first-order chi connectivity index (χ1) is 16.6. The zero-order valence-corrected chi connectivity index (χ0v) is 18.4. The Labute approximate surface area is 194 Å². The molecule has 34 heavy (non-hydrogen) atoms. The number of aromatic nitrogens is 2. The predicted molar refractivity (Wildman–Crippen MR) is 126 cm³/mol. The number of carbonyl (C=O) groups is 2. The minimum Gasteiger partial charge on any atom is -0.493 e. The van der Waals surface area contributed by atoms with E-state index in [4.69, 9.17) is 9.47 Å². The highest BCUT2D eigenvalue weighted by atomic mass is 16.5. The lowest BCUT2D eigenvalue weighted by molar-refractivity contribution is -0.123. The van der Waals surface area contributed by atoms with Gasteiger partial charge in [-0.15, -0.1) is 0 Å². The Kier molecular flexibility index (Phi) is 6.83. The lowest BCUT2D eigenvalue weighted by Gasteiger charge is -2.13. The van der Waals surface area contributed by atoms with Crippen LogP contribution in [-0.2, 0) is 11.3 Å². The van der Waals surface area contributed by atoms with Crippen molar-refractivity contribution < 1.29 is 19.1 Å². The van der Waals surface area contributed by atoms with Gasteiger partial charge < -0.3 is 9.47 Å². The largest absolute Gasteiger partial charge is 0.493 e. The van der Waals surface area contributed by atoms with Gasteiger partial charge in [0.05, 0.1) is 19.0 Å². The molecule has 3 aromatic carbocycles. The highest BCUT2D eigenvalue weighted by Crippen LogP contribution is 2.25. The lowest BCUT2D eigenvalue weighted by Crippen LogP contribution is -2.44. The van der Waals surface area contributed by atoms with Gasteiger partial charge in [-0.3, -0.25) is 25.2 Å². The smallest absolute Gasteiger partial charge is 0.290 e. The molecular weight excluding hydrogens is 436 g/mol. The Morgan fingerprint density at radius 2 is 1.50 bits per heavy atom. The summed E-state index contributed by atoms with van der Waals surface area (Å²) in [6.45, 7) is -0.147. The van der Waals surface area contributed by atoms with Crippen LogP contribution in [0.25, 0.3) is 10.8 Å². The fourth-order valence-corrected chi connectivity index (χ4v) is 3.37. The molecule has 4 rings (SSSR count). The third-order valence-electron chi connectivity index (χ3n) is 5.00. The van der Waals surface area contributed by atoms with Crippen LogP contribution in [0, 0.1) is 0 Å². The van der Waals surface area contributed by atoms with Gasteiger partial charge in [0.2, 0.25) is 0 Å². The first-order valence-corrected chi connectivity index (χ1v) is 10.5. The van der Waals surface area contributed by atoms with E-state index in [0.29, 0.717) is 22.3 Å². The summed E-state index contributed by atoms with van der Waals surface area (Å²) in [5.74, 6) is -0.368. The summed E-state index contributed by atoms with van der Waals surface area (Å²) in [4.78, 5) is 38.0. The van der Waals surface area contributed by atoms with Gasteiger partial charge in [-0.2, -0.15) is 5.10 Å². The molecule has 0 fully saturated rings. The second kappa shape index (κ2) is 10.3. The van der Waals surface area contributed by atoms with Crippen molar-refractivity contribution in [3.8, 4) is 11.5 Å². The maximum Gasteiger partial charge on any atom is 0.290 e. The van der Waals surface area contributed by atoms with Crippen molar-refractivity contribution in [1.82, 2.24) is 20.6 Å². The molecule has 0 spiro atoms. The Morgan fingerprint density at radius 1 is 0.853 bits per heavy atom. The van der Waals surface area contributed by atoms with Gasteiger partial charge in [0.15, 0.2) is 23.8 Å². The van der Waals surface area contributed by atoms with E-state index in [0.717, 1.165) is 5.56 Å². The molecule has 0 unspecified atom stereocenters. The molecule has 0 aliphatic rings. The number of ether oxygens (including phenoxy) is 2. The van der Waals surface area contributed by atoms with Crippen LogP contribution in [-0.4, -0.2) is 35.3 Å². The van der Waals surface area contributed by atoms with Crippen molar-refractivity contribution >= 4 is 22.6 Å². The molecule has 2 N–H and O–H groups in total. The summed E-state index contributed by atoms with van der Waals surface area (Å²) in [5.41, 5.74) is 5.20. The summed E-state index contributed by atoms with van der Waals surface area (Å²) in [6, 6.07) is 22.9. The van der Waals surface area contributed by atoms with Crippen LogP contribution in [0.2, 0.25) is 0 Å². The SMILES string of the molecule is COc1ccccc1OCC(=O)NNC(=O)c1nn(Cc2ccccc2)c(=O)c2ccccc12. The fourth-order valence-electron chi connectivity index (χ4n) is 3.37. The molecule has 9 heteroatoms. The van der Waals surface area contributed by atoms with E-state index in [2.05, 4.69) is 16.0 Å². The Balaban J connectivity index is 1.50. The van der Waals surface area contributed by atoms with Crippen molar-refractivity contribution in [1.29, 1.82) is 0 Å². The Hall–Kier alpha value is -4.66. The monoisotopic (exact) mass is 458 g/mol. The van der Waals surface area contributed by atoms with Crippen molar-refractivity contribution in [3.63, 3.8) is 0 Å². The third kappa shape index (κ3) is 5.04. The number of nitrogens with one attached hydrogen (secondary N) is 2. The van der Waals surface area contributed by atoms with E-state index in [1.54, 1.807) is 48.5 Å². The average Bonchev–Trinajstić information content (AvgIpc) is 2.88. The van der Waals surface area contributed by atoms with Gasteiger partial charge in [-0.25, -0.2) is 4.68 Å². The van der Waals surface area contributed by atoms with E-state index in [-0.39, 0.29) is 24.4 Å². The molecule has 0 saturated heterocycles. The van der Waals surface area contributed by atoms with Gasteiger partial charge in [0.1, 0.15) is 0 Å². The van der Waals surface area contributed by atoms with Gasteiger partial charge in [0, 0.05) is 5.39 Å². The van der Waals surface area contributed by atoms with Crippen LogP contribution in [0.1, 0.15) is 16.1 Å². The zero-order valence-electron chi connectivity index (χ0n) is 18.4. The number of hydrogen-bond acceptors (Lipinski definition) is 6. The van der Waals surface area contributed by atoms with E-state index < -0.39 is 11.8 Å². The number of amides is 2. The molecule has 1 aromatic heterocycles. The maximum absolute atomic E-state index is 12.9. The summed E-state index contributed by atoms with van der Waals surface area (Å²) >= 11 is 0. The molecule has 0 aliphatic carbocycles. The van der Waals surface area contributed by atoms with E-state index >= 15 is 0 Å².